The molecule has 37 heavy (non-hydrogen) atoms. The number of nitrogens with one attached hydrogen (secondary N) is 2. The smallest absolute Gasteiger partial charge is 0.321 e. The summed E-state index contributed by atoms with van der Waals surface area (Å²) in [5, 5.41) is 7.91. The second kappa shape index (κ2) is 11.1. The van der Waals surface area contributed by atoms with Crippen LogP contribution < -0.4 is 10.6 Å². The number of hydrogen-bond donors (Lipinski definition) is 2. The number of carbonyl (C=O) groups excluding carboxylic acids is 2. The third kappa shape index (κ3) is 5.89. The number of nitrogens with zero attached hydrogens (tertiary/aromatic N) is 3. The minimum Gasteiger partial charge on any atom is -0.355 e. The van der Waals surface area contributed by atoms with Crippen LogP contribution in [0, 0.1) is 0 Å². The number of halogens is 3. The summed E-state index contributed by atoms with van der Waals surface area (Å²) in [6.45, 7) is 1.87. The first-order valence-corrected chi connectivity index (χ1v) is 13.6. The van der Waals surface area contributed by atoms with Crippen molar-refractivity contribution in [2.45, 2.75) is 0 Å². The first-order valence-electron chi connectivity index (χ1n) is 11.6. The third-order valence-electron chi connectivity index (χ3n) is 6.14. The predicted octanol–water partition coefficient (Wildman–Crippen LogP) is 7.15. The Morgan fingerprint density at radius 3 is 2.30 bits per heavy atom. The van der Waals surface area contributed by atoms with Crippen molar-refractivity contribution in [3.63, 3.8) is 0 Å². The van der Waals surface area contributed by atoms with E-state index in [1.54, 1.807) is 16.0 Å². The lowest BCUT2D eigenvalue weighted by Crippen LogP contribution is -2.51. The number of amides is 3. The highest BCUT2D eigenvalue weighted by atomic mass is 79.9. The van der Waals surface area contributed by atoms with Crippen molar-refractivity contribution >= 4 is 83.4 Å². The number of carbonyl (C=O) groups is 2. The third-order valence-corrected chi connectivity index (χ3v) is 7.53. The highest BCUT2D eigenvalue weighted by Gasteiger charge is 2.25. The summed E-state index contributed by atoms with van der Waals surface area (Å²) >= 11 is 13.0. The van der Waals surface area contributed by atoms with Crippen LogP contribution in [0.1, 0.15) is 10.4 Å². The van der Waals surface area contributed by atoms with Gasteiger partial charge in [-0.2, -0.15) is 0 Å². The Hall–Kier alpha value is -3.14. The van der Waals surface area contributed by atoms with Crippen LogP contribution in [-0.2, 0) is 0 Å². The molecule has 1 aromatic heterocycles. The summed E-state index contributed by atoms with van der Waals surface area (Å²) in [6, 6.07) is 20.3. The minimum atomic E-state index is -0.184. The Morgan fingerprint density at radius 2 is 1.57 bits per heavy atom. The Morgan fingerprint density at radius 1 is 0.838 bits per heavy atom. The minimum absolute atomic E-state index is 0.0498. The van der Waals surface area contributed by atoms with Crippen molar-refractivity contribution in [3.8, 4) is 0 Å². The normalized spacial score (nSPS) is 13.5. The largest absolute Gasteiger partial charge is 0.355 e. The van der Waals surface area contributed by atoms with Gasteiger partial charge in [-0.3, -0.25) is 9.78 Å². The van der Waals surface area contributed by atoms with Crippen molar-refractivity contribution in [1.82, 2.24) is 14.8 Å². The lowest BCUT2D eigenvalue weighted by molar-refractivity contribution is 0.0671. The van der Waals surface area contributed by atoms with Crippen LogP contribution in [0.3, 0.4) is 0 Å². The molecular formula is C27H22Br2ClN5O2. The quantitative estimate of drug-likeness (QED) is 0.248. The number of piperazine rings is 1. The molecule has 1 saturated heterocycles. The lowest BCUT2D eigenvalue weighted by atomic mass is 10.1. The fraction of sp³-hybridized carbons (Fsp3) is 0.148. The van der Waals surface area contributed by atoms with Gasteiger partial charge in [0.05, 0.1) is 11.2 Å². The summed E-state index contributed by atoms with van der Waals surface area (Å²) in [6.07, 6.45) is 1.73. The van der Waals surface area contributed by atoms with Crippen LogP contribution in [0.15, 0.2) is 81.9 Å². The molecule has 10 heteroatoms. The molecule has 2 N–H and O–H groups in total. The molecule has 0 saturated carbocycles. The molecule has 0 atom stereocenters. The second-order valence-corrected chi connectivity index (χ2v) is 10.8. The van der Waals surface area contributed by atoms with E-state index in [4.69, 9.17) is 11.6 Å². The molecule has 4 aromatic rings. The first-order chi connectivity index (χ1) is 17.9. The van der Waals surface area contributed by atoms with Crippen LogP contribution in [-0.4, -0.2) is 52.9 Å². The van der Waals surface area contributed by atoms with E-state index in [1.165, 1.54) is 0 Å². The van der Waals surface area contributed by atoms with Crippen molar-refractivity contribution in [2.24, 2.45) is 0 Å². The Bertz CT molecular complexity index is 1470. The van der Waals surface area contributed by atoms with E-state index < -0.39 is 0 Å². The van der Waals surface area contributed by atoms with Gasteiger partial charge in [-0.25, -0.2) is 4.79 Å². The summed E-state index contributed by atoms with van der Waals surface area (Å²) in [7, 11) is 0. The van der Waals surface area contributed by atoms with E-state index >= 15 is 0 Å². The fourth-order valence-corrected chi connectivity index (χ4v) is 5.47. The number of urea groups is 1. The topological polar surface area (TPSA) is 77.6 Å². The second-order valence-electron chi connectivity index (χ2n) is 8.56. The predicted molar refractivity (Wildman–Crippen MR) is 155 cm³/mol. The van der Waals surface area contributed by atoms with Crippen LogP contribution in [0.5, 0.6) is 0 Å². The maximum atomic E-state index is 13.1. The molecule has 0 spiro atoms. The fourth-order valence-electron chi connectivity index (χ4n) is 4.16. The average Bonchev–Trinajstić information content (AvgIpc) is 2.90. The van der Waals surface area contributed by atoms with Gasteiger partial charge in [0, 0.05) is 68.7 Å². The monoisotopic (exact) mass is 641 g/mol. The van der Waals surface area contributed by atoms with Gasteiger partial charge in [0.2, 0.25) is 0 Å². The molecule has 2 heterocycles. The highest BCUT2D eigenvalue weighted by molar-refractivity contribution is 9.11. The molecule has 0 bridgehead atoms. The maximum Gasteiger partial charge on any atom is 0.321 e. The van der Waals surface area contributed by atoms with E-state index in [1.807, 2.05) is 66.7 Å². The van der Waals surface area contributed by atoms with Crippen LogP contribution in [0.2, 0.25) is 5.02 Å². The van der Waals surface area contributed by atoms with E-state index in [0.717, 1.165) is 31.2 Å². The highest BCUT2D eigenvalue weighted by Crippen LogP contribution is 2.28. The van der Waals surface area contributed by atoms with Crippen molar-refractivity contribution in [3.05, 3.63) is 92.5 Å². The van der Waals surface area contributed by atoms with Crippen molar-refractivity contribution in [2.75, 3.05) is 36.8 Å². The van der Waals surface area contributed by atoms with Gasteiger partial charge in [-0.15, -0.1) is 0 Å². The molecule has 0 unspecified atom stereocenters. The van der Waals surface area contributed by atoms with Gasteiger partial charge < -0.3 is 20.4 Å². The number of anilines is 3. The lowest BCUT2D eigenvalue weighted by Gasteiger charge is -2.34. The molecule has 0 radical (unpaired) electrons. The number of rotatable bonds is 4. The number of benzene rings is 3. The Labute approximate surface area is 236 Å². The molecule has 3 amide bonds. The molecule has 1 aliphatic heterocycles. The van der Waals surface area contributed by atoms with Crippen molar-refractivity contribution in [1.29, 1.82) is 0 Å². The number of fused-ring (bicyclic) bond motifs is 1. The molecule has 3 aromatic carbocycles. The van der Waals surface area contributed by atoms with Gasteiger partial charge in [-0.05, 0) is 82.7 Å². The maximum absolute atomic E-state index is 13.1. The van der Waals surface area contributed by atoms with Gasteiger partial charge >= 0.3 is 6.03 Å². The molecule has 0 aliphatic carbocycles. The zero-order valence-corrected chi connectivity index (χ0v) is 23.5. The number of pyridine rings is 1. The molecule has 1 aliphatic rings. The molecular weight excluding hydrogens is 622 g/mol. The van der Waals surface area contributed by atoms with Crippen LogP contribution in [0.4, 0.5) is 21.9 Å². The first kappa shape index (κ1) is 25.5. The standard InChI is InChI=1S/C27H22Br2ClN5O2/c28-18-3-8-24(22(29)15-18)33-27(37)35-13-11-34(12-14-35)26(36)17-1-5-20(6-2-17)32-23-9-10-31-25-16-19(30)4-7-21(23)25/h1-10,15-16H,11-14H2,(H,31,32)(H,33,37). The summed E-state index contributed by atoms with van der Waals surface area (Å²) < 4.78 is 1.72. The molecule has 188 valence electrons. The van der Waals surface area contributed by atoms with Gasteiger partial charge in [0.15, 0.2) is 0 Å². The van der Waals surface area contributed by atoms with Crippen molar-refractivity contribution < 1.29 is 9.59 Å². The summed E-state index contributed by atoms with van der Waals surface area (Å²) in [5.41, 5.74) is 3.88. The number of aromatic nitrogens is 1. The summed E-state index contributed by atoms with van der Waals surface area (Å²) in [5.74, 6) is -0.0498. The molecule has 1 fully saturated rings. The zero-order chi connectivity index (χ0) is 25.9. The molecule has 7 nitrogen and oxygen atoms in total. The number of hydrogen-bond acceptors (Lipinski definition) is 4. The van der Waals surface area contributed by atoms with Crippen LogP contribution in [0.25, 0.3) is 10.9 Å². The van der Waals surface area contributed by atoms with Gasteiger partial charge in [0.1, 0.15) is 0 Å². The van der Waals surface area contributed by atoms with Gasteiger partial charge in [-0.1, -0.05) is 27.5 Å². The van der Waals surface area contributed by atoms with E-state index in [9.17, 15) is 9.59 Å². The SMILES string of the molecule is O=C(Nc1ccc(Br)cc1Br)N1CCN(C(=O)c2ccc(Nc3ccnc4cc(Cl)ccc34)cc2)CC1. The van der Waals surface area contributed by atoms with E-state index in [2.05, 4.69) is 47.5 Å². The molecule has 5 rings (SSSR count). The van der Waals surface area contributed by atoms with Gasteiger partial charge in [0.25, 0.3) is 5.91 Å². The average molecular weight is 644 g/mol. The zero-order valence-electron chi connectivity index (χ0n) is 19.5. The van der Waals surface area contributed by atoms with Crippen LogP contribution >= 0.6 is 43.5 Å². The van der Waals surface area contributed by atoms with E-state index in [-0.39, 0.29) is 11.9 Å². The summed E-state index contributed by atoms with van der Waals surface area (Å²) in [4.78, 5) is 33.6. The Kier molecular flexibility index (Phi) is 7.64. The Balaban J connectivity index is 1.18. The van der Waals surface area contributed by atoms with E-state index in [0.29, 0.717) is 42.5 Å².